The van der Waals surface area contributed by atoms with E-state index in [1.54, 1.807) is 39.8 Å². The van der Waals surface area contributed by atoms with Crippen LogP contribution in [0.3, 0.4) is 0 Å². The second-order valence-corrected chi connectivity index (χ2v) is 7.39. The van der Waals surface area contributed by atoms with E-state index in [1.807, 2.05) is 37.6 Å². The van der Waals surface area contributed by atoms with Gasteiger partial charge in [-0.2, -0.15) is 10.2 Å². The van der Waals surface area contributed by atoms with Crippen LogP contribution in [-0.4, -0.2) is 49.7 Å². The van der Waals surface area contributed by atoms with E-state index in [2.05, 4.69) is 15.2 Å². The molecule has 1 aliphatic rings. The van der Waals surface area contributed by atoms with Crippen molar-refractivity contribution in [3.05, 3.63) is 66.0 Å². The molecule has 162 valence electrons. The van der Waals surface area contributed by atoms with Gasteiger partial charge in [-0.15, -0.1) is 0 Å². The van der Waals surface area contributed by atoms with Crippen LogP contribution in [0.5, 0.6) is 11.6 Å². The summed E-state index contributed by atoms with van der Waals surface area (Å²) in [5.41, 5.74) is 4.39. The maximum Gasteiger partial charge on any atom is 0.260 e. The maximum absolute atomic E-state index is 13.0. The van der Waals surface area contributed by atoms with Crippen molar-refractivity contribution in [2.45, 2.75) is 13.1 Å². The van der Waals surface area contributed by atoms with Crippen molar-refractivity contribution in [3.63, 3.8) is 0 Å². The Hall–Kier alpha value is -4.21. The number of nitrogens with zero attached hydrogens (tertiary/aromatic N) is 7. The van der Waals surface area contributed by atoms with Gasteiger partial charge in [0.25, 0.3) is 11.8 Å². The third-order valence-corrected chi connectivity index (χ3v) is 5.31. The molecule has 0 aliphatic carbocycles. The Morgan fingerprint density at radius 1 is 1.12 bits per heavy atom. The van der Waals surface area contributed by atoms with E-state index >= 15 is 0 Å². The number of hydrogen-bond acceptors (Lipinski definition) is 7. The lowest BCUT2D eigenvalue weighted by molar-refractivity contribution is 0.0996. The van der Waals surface area contributed by atoms with Crippen LogP contribution in [0, 0.1) is 0 Å². The van der Waals surface area contributed by atoms with Crippen LogP contribution in [0.4, 0.5) is 5.69 Å². The smallest absolute Gasteiger partial charge is 0.260 e. The molecule has 0 saturated carbocycles. The Morgan fingerprint density at radius 2 is 2.00 bits per heavy atom. The predicted molar refractivity (Wildman–Crippen MR) is 116 cm³/mol. The minimum absolute atomic E-state index is 0.0955. The van der Waals surface area contributed by atoms with Gasteiger partial charge in [0.15, 0.2) is 5.75 Å². The summed E-state index contributed by atoms with van der Waals surface area (Å²) in [4.78, 5) is 23.7. The molecule has 5 rings (SSSR count). The van der Waals surface area contributed by atoms with Gasteiger partial charge >= 0.3 is 0 Å². The maximum atomic E-state index is 13.0. The average molecular weight is 431 g/mol. The first-order valence-corrected chi connectivity index (χ1v) is 9.97. The van der Waals surface area contributed by atoms with E-state index in [0.29, 0.717) is 41.7 Å². The Morgan fingerprint density at radius 3 is 2.75 bits per heavy atom. The number of carbonyl (C=O) groups is 1. The Bertz CT molecular complexity index is 1310. The zero-order valence-electron chi connectivity index (χ0n) is 17.9. The van der Waals surface area contributed by atoms with Crippen LogP contribution in [0.15, 0.2) is 49.1 Å². The van der Waals surface area contributed by atoms with Gasteiger partial charge in [0.05, 0.1) is 61.8 Å². The predicted octanol–water partition coefficient (Wildman–Crippen LogP) is 2.30. The van der Waals surface area contributed by atoms with Crippen LogP contribution in [-0.2, 0) is 20.1 Å². The van der Waals surface area contributed by atoms with Crippen molar-refractivity contribution in [2.24, 2.45) is 7.05 Å². The number of aryl methyl sites for hydroxylation is 1. The molecule has 4 aromatic heterocycles. The lowest BCUT2D eigenvalue weighted by Crippen LogP contribution is -2.22. The molecule has 1 aliphatic heterocycles. The number of ether oxygens (including phenoxy) is 2. The van der Waals surface area contributed by atoms with Gasteiger partial charge in [0, 0.05) is 31.2 Å². The van der Waals surface area contributed by atoms with E-state index in [9.17, 15) is 4.79 Å². The first-order chi connectivity index (χ1) is 15.6. The number of aromatic nitrogens is 6. The molecule has 0 unspecified atom stereocenters. The summed E-state index contributed by atoms with van der Waals surface area (Å²) in [5.74, 6) is 0.827. The lowest BCUT2D eigenvalue weighted by atomic mass is 10.1. The van der Waals surface area contributed by atoms with Crippen molar-refractivity contribution >= 4 is 11.6 Å². The second kappa shape index (κ2) is 7.80. The lowest BCUT2D eigenvalue weighted by Gasteiger charge is -2.11. The van der Waals surface area contributed by atoms with E-state index in [4.69, 9.17) is 14.5 Å². The molecule has 10 nitrogen and oxygen atoms in total. The highest BCUT2D eigenvalue weighted by Crippen LogP contribution is 2.32. The van der Waals surface area contributed by atoms with Crippen molar-refractivity contribution in [2.75, 3.05) is 19.1 Å². The molecule has 1 amide bonds. The minimum Gasteiger partial charge on any atom is -0.491 e. The first-order valence-electron chi connectivity index (χ1n) is 9.97. The summed E-state index contributed by atoms with van der Waals surface area (Å²) in [5, 5.41) is 8.75. The second-order valence-electron chi connectivity index (χ2n) is 7.39. The normalized spacial score (nSPS) is 12.8. The molecule has 0 bridgehead atoms. The van der Waals surface area contributed by atoms with Crippen LogP contribution >= 0.6 is 0 Å². The fraction of sp³-hybridized carbons (Fsp3) is 0.227. The van der Waals surface area contributed by atoms with Gasteiger partial charge in [-0.1, -0.05) is 0 Å². The molecule has 0 atom stereocenters. The fourth-order valence-corrected chi connectivity index (χ4v) is 3.72. The van der Waals surface area contributed by atoms with Gasteiger partial charge in [-0.25, -0.2) is 4.98 Å². The van der Waals surface area contributed by atoms with Gasteiger partial charge < -0.3 is 9.47 Å². The third kappa shape index (κ3) is 3.45. The van der Waals surface area contributed by atoms with Gasteiger partial charge in [-0.3, -0.25) is 24.0 Å². The summed E-state index contributed by atoms with van der Waals surface area (Å²) in [6, 6.07) is 7.37. The van der Waals surface area contributed by atoms with Crippen molar-refractivity contribution in [1.82, 2.24) is 29.5 Å². The van der Waals surface area contributed by atoms with Crippen LogP contribution < -0.4 is 14.4 Å². The molecular formula is C22H21N7O3. The van der Waals surface area contributed by atoms with E-state index in [0.717, 1.165) is 16.9 Å². The van der Waals surface area contributed by atoms with E-state index in [-0.39, 0.29) is 5.91 Å². The summed E-state index contributed by atoms with van der Waals surface area (Å²) in [7, 11) is 4.97. The molecule has 0 radical (unpaired) electrons. The Balaban J connectivity index is 1.38. The molecule has 10 heteroatoms. The van der Waals surface area contributed by atoms with E-state index < -0.39 is 0 Å². The highest BCUT2D eigenvalue weighted by atomic mass is 16.5. The van der Waals surface area contributed by atoms with Crippen LogP contribution in [0.1, 0.15) is 21.7 Å². The van der Waals surface area contributed by atoms with E-state index in [1.165, 1.54) is 7.11 Å². The highest BCUT2D eigenvalue weighted by Gasteiger charge is 2.31. The van der Waals surface area contributed by atoms with Crippen LogP contribution in [0.2, 0.25) is 0 Å². The Kier molecular flexibility index (Phi) is 4.81. The van der Waals surface area contributed by atoms with Gasteiger partial charge in [-0.05, 0) is 24.3 Å². The fourth-order valence-electron chi connectivity index (χ4n) is 3.72. The minimum atomic E-state index is -0.0955. The number of amides is 1. The number of hydrogen-bond donors (Lipinski definition) is 0. The van der Waals surface area contributed by atoms with Crippen molar-refractivity contribution in [3.8, 4) is 22.9 Å². The monoisotopic (exact) mass is 431 g/mol. The summed E-state index contributed by atoms with van der Waals surface area (Å²) >= 11 is 0. The Labute approximate surface area is 184 Å². The summed E-state index contributed by atoms with van der Waals surface area (Å²) < 4.78 is 14.0. The van der Waals surface area contributed by atoms with Gasteiger partial charge in [0.1, 0.15) is 0 Å². The summed E-state index contributed by atoms with van der Waals surface area (Å²) in [6.07, 6.45) is 7.09. The summed E-state index contributed by atoms with van der Waals surface area (Å²) in [6.45, 7) is 0.905. The molecule has 0 spiro atoms. The third-order valence-electron chi connectivity index (χ3n) is 5.31. The van der Waals surface area contributed by atoms with Gasteiger partial charge in [0.2, 0.25) is 0 Å². The zero-order valence-corrected chi connectivity index (χ0v) is 17.9. The number of anilines is 1. The van der Waals surface area contributed by atoms with Crippen molar-refractivity contribution in [1.29, 1.82) is 0 Å². The highest BCUT2D eigenvalue weighted by molar-refractivity contribution is 6.09. The number of fused-ring (bicyclic) bond motifs is 1. The first kappa shape index (κ1) is 19.7. The van der Waals surface area contributed by atoms with Crippen LogP contribution in [0.25, 0.3) is 11.3 Å². The molecule has 0 fully saturated rings. The standard InChI is InChI=1S/C22H21N7O3/c1-27-7-6-15(26-27)11-28-12-16(10-24-28)29-13-19-17(22(29)30)4-5-18(25-19)14-8-20(31-2)21(32-3)23-9-14/h4-10,12H,11,13H2,1-3H3. The number of carbonyl (C=O) groups excluding carboxylic acids is 1. The molecule has 5 heterocycles. The number of methoxy groups -OCH3 is 2. The largest absolute Gasteiger partial charge is 0.491 e. The topological polar surface area (TPSA) is 100 Å². The SMILES string of the molecule is COc1cc(-c2ccc3c(n2)CN(c2cnn(Cc4ccn(C)n4)c2)C3=O)cnc1OC. The zero-order chi connectivity index (χ0) is 22.2. The molecule has 32 heavy (non-hydrogen) atoms. The molecule has 0 N–H and O–H groups in total. The molecule has 0 aromatic carbocycles. The molecular weight excluding hydrogens is 410 g/mol. The average Bonchev–Trinajstić information content (AvgIpc) is 3.52. The quantitative estimate of drug-likeness (QED) is 0.462. The van der Waals surface area contributed by atoms with Crippen molar-refractivity contribution < 1.29 is 14.3 Å². The molecule has 0 saturated heterocycles. The molecule has 4 aromatic rings. The number of pyridine rings is 2. The number of rotatable bonds is 6.